The minimum atomic E-state index is -0.186. The Labute approximate surface area is 125 Å². The van der Waals surface area contributed by atoms with E-state index in [9.17, 15) is 4.79 Å². The van der Waals surface area contributed by atoms with Crippen molar-refractivity contribution >= 4 is 17.2 Å². The lowest BCUT2D eigenvalue weighted by Gasteiger charge is -2.13. The van der Waals surface area contributed by atoms with Gasteiger partial charge in [0.15, 0.2) is 5.82 Å². The summed E-state index contributed by atoms with van der Waals surface area (Å²) in [6.45, 7) is 1.95. The van der Waals surface area contributed by atoms with Gasteiger partial charge in [0.1, 0.15) is 12.7 Å². The van der Waals surface area contributed by atoms with E-state index in [1.165, 1.54) is 17.3 Å². The third kappa shape index (κ3) is 2.82. The summed E-state index contributed by atoms with van der Waals surface area (Å²) in [4.78, 5) is 21.7. The molecule has 6 nitrogen and oxygen atoms in total. The van der Waals surface area contributed by atoms with Crippen molar-refractivity contribution in [1.82, 2.24) is 25.1 Å². The van der Waals surface area contributed by atoms with Crippen LogP contribution in [0.5, 0.6) is 0 Å². The second-order valence-electron chi connectivity index (χ2n) is 4.43. The van der Waals surface area contributed by atoms with Gasteiger partial charge in [-0.3, -0.25) is 4.79 Å². The van der Waals surface area contributed by atoms with E-state index >= 15 is 0 Å². The van der Waals surface area contributed by atoms with E-state index in [4.69, 9.17) is 0 Å². The van der Waals surface area contributed by atoms with Gasteiger partial charge in [-0.15, -0.1) is 11.3 Å². The van der Waals surface area contributed by atoms with Gasteiger partial charge in [-0.2, -0.15) is 5.10 Å². The van der Waals surface area contributed by atoms with Crippen LogP contribution in [0.1, 0.15) is 28.2 Å². The molecule has 0 radical (unpaired) electrons. The Bertz CT molecular complexity index is 724. The van der Waals surface area contributed by atoms with Gasteiger partial charge in [0.2, 0.25) is 0 Å². The molecule has 0 aliphatic heterocycles. The molecule has 0 aliphatic rings. The highest BCUT2D eigenvalue weighted by Crippen LogP contribution is 2.19. The Balaban J connectivity index is 1.85. The van der Waals surface area contributed by atoms with Crippen molar-refractivity contribution in [3.8, 4) is 5.82 Å². The molecule has 3 heterocycles. The van der Waals surface area contributed by atoms with Crippen LogP contribution in [0.3, 0.4) is 0 Å². The summed E-state index contributed by atoms with van der Waals surface area (Å²) in [6.07, 6.45) is 4.54. The van der Waals surface area contributed by atoms with Crippen LogP contribution in [-0.4, -0.2) is 25.7 Å². The topological polar surface area (TPSA) is 72.7 Å². The van der Waals surface area contributed by atoms with Crippen molar-refractivity contribution in [1.29, 1.82) is 0 Å². The fraction of sp³-hybridized carbons (Fsp3) is 0.143. The largest absolute Gasteiger partial charge is 0.345 e. The quantitative estimate of drug-likeness (QED) is 0.801. The average Bonchev–Trinajstić information content (AvgIpc) is 3.20. The summed E-state index contributed by atoms with van der Waals surface area (Å²) in [5.74, 6) is 0.278. The Kier molecular flexibility index (Phi) is 3.74. The first-order valence-electron chi connectivity index (χ1n) is 6.40. The minimum absolute atomic E-state index is 0.0543. The molecule has 3 rings (SSSR count). The molecule has 21 heavy (non-hydrogen) atoms. The minimum Gasteiger partial charge on any atom is -0.345 e. The number of rotatable bonds is 4. The first-order valence-corrected chi connectivity index (χ1v) is 7.28. The number of carbonyl (C=O) groups is 1. The highest BCUT2D eigenvalue weighted by atomic mass is 32.1. The van der Waals surface area contributed by atoms with Crippen molar-refractivity contribution < 1.29 is 4.79 Å². The van der Waals surface area contributed by atoms with Gasteiger partial charge < -0.3 is 5.32 Å². The highest BCUT2D eigenvalue weighted by molar-refractivity contribution is 7.10. The zero-order valence-corrected chi connectivity index (χ0v) is 12.1. The molecule has 0 aliphatic carbocycles. The zero-order chi connectivity index (χ0) is 14.7. The number of amides is 1. The molecule has 1 amide bonds. The normalized spacial score (nSPS) is 12.0. The highest BCUT2D eigenvalue weighted by Gasteiger charge is 2.17. The van der Waals surface area contributed by atoms with E-state index in [1.807, 2.05) is 24.4 Å². The van der Waals surface area contributed by atoms with Gasteiger partial charge in [-0.25, -0.2) is 14.6 Å². The summed E-state index contributed by atoms with van der Waals surface area (Å²) >= 11 is 1.61. The van der Waals surface area contributed by atoms with Crippen LogP contribution in [0.2, 0.25) is 0 Å². The molecule has 0 spiro atoms. The van der Waals surface area contributed by atoms with Gasteiger partial charge in [-0.05, 0) is 30.5 Å². The van der Waals surface area contributed by atoms with Gasteiger partial charge in [0.25, 0.3) is 5.91 Å². The Morgan fingerprint density at radius 3 is 3.00 bits per heavy atom. The van der Waals surface area contributed by atoms with Crippen molar-refractivity contribution in [2.75, 3.05) is 0 Å². The van der Waals surface area contributed by atoms with Crippen LogP contribution in [0.25, 0.3) is 5.82 Å². The maximum atomic E-state index is 12.5. The summed E-state index contributed by atoms with van der Waals surface area (Å²) in [5.41, 5.74) is 0.464. The van der Waals surface area contributed by atoms with Crippen molar-refractivity contribution in [2.24, 2.45) is 0 Å². The third-order valence-electron chi connectivity index (χ3n) is 2.98. The fourth-order valence-electron chi connectivity index (χ4n) is 1.96. The van der Waals surface area contributed by atoms with Gasteiger partial charge >= 0.3 is 0 Å². The van der Waals surface area contributed by atoms with E-state index < -0.39 is 0 Å². The summed E-state index contributed by atoms with van der Waals surface area (Å²) in [6, 6.07) is 7.36. The summed E-state index contributed by atoms with van der Waals surface area (Å²) < 4.78 is 1.48. The van der Waals surface area contributed by atoms with E-state index in [0.717, 1.165) is 4.88 Å². The molecule has 0 saturated heterocycles. The lowest BCUT2D eigenvalue weighted by molar-refractivity contribution is 0.0940. The molecule has 0 aromatic carbocycles. The Hall–Kier alpha value is -2.54. The number of thiophene rings is 1. The molecule has 106 valence electrons. The Morgan fingerprint density at radius 1 is 1.38 bits per heavy atom. The van der Waals surface area contributed by atoms with Crippen LogP contribution in [0, 0.1) is 0 Å². The number of hydrogen-bond donors (Lipinski definition) is 1. The molecule has 0 bridgehead atoms. The lowest BCUT2D eigenvalue weighted by atomic mass is 10.2. The maximum Gasteiger partial charge on any atom is 0.255 e. The van der Waals surface area contributed by atoms with Crippen LogP contribution in [0.4, 0.5) is 0 Å². The molecule has 3 aromatic rings. The van der Waals surface area contributed by atoms with Gasteiger partial charge in [0.05, 0.1) is 11.6 Å². The predicted octanol–water partition coefficient (Wildman–Crippen LogP) is 2.21. The van der Waals surface area contributed by atoms with Crippen molar-refractivity contribution in [3.63, 3.8) is 0 Å². The molecule has 3 aromatic heterocycles. The lowest BCUT2D eigenvalue weighted by Crippen LogP contribution is -2.27. The smallest absolute Gasteiger partial charge is 0.255 e. The number of nitrogens with one attached hydrogen (secondary N) is 1. The standard InChI is InChI=1S/C14H13N5OS/c1-10(12-5-3-7-21-12)18-14(20)11-4-2-6-16-13(11)19-9-15-8-17-19/h2-10H,1H3,(H,18,20). The molecule has 0 fully saturated rings. The molecular weight excluding hydrogens is 286 g/mol. The molecule has 1 N–H and O–H groups in total. The molecular formula is C14H13N5OS. The average molecular weight is 299 g/mol. The van der Waals surface area contributed by atoms with Gasteiger partial charge in [-0.1, -0.05) is 6.07 Å². The van der Waals surface area contributed by atoms with Crippen molar-refractivity contribution in [2.45, 2.75) is 13.0 Å². The molecule has 0 saturated carbocycles. The second kappa shape index (κ2) is 5.84. The monoisotopic (exact) mass is 299 g/mol. The van der Waals surface area contributed by atoms with Crippen LogP contribution >= 0.6 is 11.3 Å². The number of hydrogen-bond acceptors (Lipinski definition) is 5. The number of carbonyl (C=O) groups excluding carboxylic acids is 1. The maximum absolute atomic E-state index is 12.5. The fourth-order valence-corrected chi connectivity index (χ4v) is 2.69. The first kappa shape index (κ1) is 13.4. The zero-order valence-electron chi connectivity index (χ0n) is 11.3. The first-order chi connectivity index (χ1) is 10.3. The molecule has 1 unspecified atom stereocenters. The van der Waals surface area contributed by atoms with Crippen LogP contribution in [-0.2, 0) is 0 Å². The van der Waals surface area contributed by atoms with E-state index in [2.05, 4.69) is 20.4 Å². The third-order valence-corrected chi connectivity index (χ3v) is 4.04. The van der Waals surface area contributed by atoms with E-state index in [1.54, 1.807) is 29.7 Å². The van der Waals surface area contributed by atoms with Crippen molar-refractivity contribution in [3.05, 3.63) is 58.9 Å². The second-order valence-corrected chi connectivity index (χ2v) is 5.40. The van der Waals surface area contributed by atoms with E-state index in [-0.39, 0.29) is 11.9 Å². The molecule has 7 heteroatoms. The van der Waals surface area contributed by atoms with E-state index in [0.29, 0.717) is 11.4 Å². The van der Waals surface area contributed by atoms with Gasteiger partial charge in [0, 0.05) is 11.1 Å². The summed E-state index contributed by atoms with van der Waals surface area (Å²) in [7, 11) is 0. The number of pyridine rings is 1. The predicted molar refractivity (Wildman–Crippen MR) is 79.4 cm³/mol. The SMILES string of the molecule is CC(NC(=O)c1cccnc1-n1cncn1)c1cccs1. The summed E-state index contributed by atoms with van der Waals surface area (Å²) in [5, 5.41) is 8.98. The Morgan fingerprint density at radius 2 is 2.29 bits per heavy atom. The molecule has 1 atom stereocenters. The number of aromatic nitrogens is 4. The number of nitrogens with zero attached hydrogens (tertiary/aromatic N) is 4. The van der Waals surface area contributed by atoms with Crippen LogP contribution in [0.15, 0.2) is 48.5 Å². The van der Waals surface area contributed by atoms with Crippen LogP contribution < -0.4 is 5.32 Å².